The lowest BCUT2D eigenvalue weighted by atomic mass is 10.2. The van der Waals surface area contributed by atoms with Crippen molar-refractivity contribution in [3.8, 4) is 0 Å². The highest BCUT2D eigenvalue weighted by atomic mass is 32.1. The lowest BCUT2D eigenvalue weighted by molar-refractivity contribution is 0.618. The maximum Gasteiger partial charge on any atom is 0.180 e. The Bertz CT molecular complexity index is 498. The van der Waals surface area contributed by atoms with Gasteiger partial charge in [-0.2, -0.15) is 0 Å². The number of benzene rings is 1. The lowest BCUT2D eigenvalue weighted by Gasteiger charge is -2.22. The number of nitrogens with two attached hydrogens (primary N) is 1. The molecule has 0 radical (unpaired) electrons. The van der Waals surface area contributed by atoms with Crippen LogP contribution < -0.4 is 10.6 Å². The fraction of sp³-hybridized carbons (Fsp3) is 0.250. The van der Waals surface area contributed by atoms with Crippen LogP contribution in [0, 0.1) is 5.82 Å². The summed E-state index contributed by atoms with van der Waals surface area (Å²) in [5.41, 5.74) is 6.19. The van der Waals surface area contributed by atoms with E-state index in [1.807, 2.05) is 17.9 Å². The lowest BCUT2D eigenvalue weighted by Crippen LogP contribution is -2.22. The molecule has 5 heteroatoms. The summed E-state index contributed by atoms with van der Waals surface area (Å²) in [5, 5.41) is 0.546. The number of nitrogen functional groups attached to an aromatic ring is 1. The second-order valence-corrected chi connectivity index (χ2v) is 4.78. The fourth-order valence-electron chi connectivity index (χ4n) is 1.66. The maximum atomic E-state index is 13.7. The molecule has 0 aliphatic carbocycles. The summed E-state index contributed by atoms with van der Waals surface area (Å²) in [6.07, 6.45) is 1.74. The largest absolute Gasteiger partial charge is 0.375 e. The zero-order chi connectivity index (χ0) is 12.3. The minimum Gasteiger partial charge on any atom is -0.375 e. The molecule has 0 aliphatic heterocycles. The SMILES string of the molecule is CCN(Cc1cnc(N)s1)c1ccccc1F. The topological polar surface area (TPSA) is 42.2 Å². The van der Waals surface area contributed by atoms with Crippen molar-refractivity contribution < 1.29 is 4.39 Å². The van der Waals surface area contributed by atoms with Gasteiger partial charge in [-0.25, -0.2) is 9.37 Å². The first-order valence-corrected chi connectivity index (χ1v) is 6.22. The Labute approximate surface area is 104 Å². The van der Waals surface area contributed by atoms with E-state index in [-0.39, 0.29) is 5.82 Å². The van der Waals surface area contributed by atoms with Crippen molar-refractivity contribution in [2.24, 2.45) is 0 Å². The summed E-state index contributed by atoms with van der Waals surface area (Å²) in [6, 6.07) is 6.78. The number of aromatic nitrogens is 1. The Hall–Kier alpha value is -1.62. The summed E-state index contributed by atoms with van der Waals surface area (Å²) >= 11 is 1.43. The fourth-order valence-corrected chi connectivity index (χ4v) is 2.36. The molecule has 0 saturated heterocycles. The van der Waals surface area contributed by atoms with Crippen LogP contribution in [0.2, 0.25) is 0 Å². The quantitative estimate of drug-likeness (QED) is 0.908. The van der Waals surface area contributed by atoms with Crippen LogP contribution in [-0.2, 0) is 6.54 Å². The predicted molar refractivity (Wildman–Crippen MR) is 69.7 cm³/mol. The van der Waals surface area contributed by atoms with Gasteiger partial charge in [0, 0.05) is 17.6 Å². The van der Waals surface area contributed by atoms with Gasteiger partial charge in [0.05, 0.1) is 12.2 Å². The second-order valence-electron chi connectivity index (χ2n) is 3.63. The number of nitrogens with zero attached hydrogens (tertiary/aromatic N) is 2. The van der Waals surface area contributed by atoms with E-state index < -0.39 is 0 Å². The highest BCUT2D eigenvalue weighted by Crippen LogP contribution is 2.23. The standard InChI is InChI=1S/C12H14FN3S/c1-2-16(8-9-7-15-12(14)17-9)11-6-4-3-5-10(11)13/h3-7H,2,8H2,1H3,(H2,14,15). The van der Waals surface area contributed by atoms with Crippen LogP contribution in [0.1, 0.15) is 11.8 Å². The maximum absolute atomic E-state index is 13.7. The number of hydrogen-bond donors (Lipinski definition) is 1. The minimum absolute atomic E-state index is 0.202. The Kier molecular flexibility index (Phi) is 3.58. The third-order valence-corrected chi connectivity index (χ3v) is 3.30. The highest BCUT2D eigenvalue weighted by Gasteiger charge is 2.11. The molecule has 0 spiro atoms. The average molecular weight is 251 g/mol. The van der Waals surface area contributed by atoms with Crippen molar-refractivity contribution >= 4 is 22.2 Å². The van der Waals surface area contributed by atoms with E-state index in [0.29, 0.717) is 17.4 Å². The first-order chi connectivity index (χ1) is 8.20. The van der Waals surface area contributed by atoms with Crippen molar-refractivity contribution in [3.05, 3.63) is 41.2 Å². The van der Waals surface area contributed by atoms with Crippen molar-refractivity contribution in [2.45, 2.75) is 13.5 Å². The third-order valence-electron chi connectivity index (χ3n) is 2.49. The molecule has 2 N–H and O–H groups in total. The molecule has 0 atom stereocenters. The van der Waals surface area contributed by atoms with Crippen molar-refractivity contribution in [3.63, 3.8) is 0 Å². The van der Waals surface area contributed by atoms with Crippen molar-refractivity contribution in [2.75, 3.05) is 17.2 Å². The van der Waals surface area contributed by atoms with Gasteiger partial charge in [-0.15, -0.1) is 11.3 Å². The molecule has 0 bridgehead atoms. The number of para-hydroxylation sites is 1. The molecule has 0 aliphatic rings. The zero-order valence-corrected chi connectivity index (χ0v) is 10.4. The summed E-state index contributed by atoms with van der Waals surface area (Å²) < 4.78 is 13.7. The Morgan fingerprint density at radius 3 is 2.76 bits per heavy atom. The zero-order valence-electron chi connectivity index (χ0n) is 9.56. The van der Waals surface area contributed by atoms with Gasteiger partial charge in [-0.1, -0.05) is 12.1 Å². The van der Waals surface area contributed by atoms with Crippen LogP contribution in [0.3, 0.4) is 0 Å². The molecule has 0 saturated carbocycles. The van der Waals surface area contributed by atoms with Gasteiger partial charge in [0.15, 0.2) is 5.13 Å². The summed E-state index contributed by atoms with van der Waals surface area (Å²) in [7, 11) is 0. The van der Waals surface area contributed by atoms with Gasteiger partial charge in [0.1, 0.15) is 5.82 Å². The van der Waals surface area contributed by atoms with Gasteiger partial charge in [0.25, 0.3) is 0 Å². The van der Waals surface area contributed by atoms with Gasteiger partial charge in [-0.3, -0.25) is 0 Å². The van der Waals surface area contributed by atoms with E-state index in [0.717, 1.165) is 11.4 Å². The third kappa shape index (κ3) is 2.74. The van der Waals surface area contributed by atoms with Crippen LogP contribution in [0.25, 0.3) is 0 Å². The smallest absolute Gasteiger partial charge is 0.180 e. The van der Waals surface area contributed by atoms with E-state index in [1.54, 1.807) is 18.3 Å². The minimum atomic E-state index is -0.202. The average Bonchev–Trinajstić information content (AvgIpc) is 2.73. The van der Waals surface area contributed by atoms with Crippen LogP contribution in [0.4, 0.5) is 15.2 Å². The Morgan fingerprint density at radius 2 is 2.18 bits per heavy atom. The van der Waals surface area contributed by atoms with E-state index in [2.05, 4.69) is 4.98 Å². The summed E-state index contributed by atoms with van der Waals surface area (Å²) in [4.78, 5) is 6.99. The molecule has 0 unspecified atom stereocenters. The molecule has 2 rings (SSSR count). The highest BCUT2D eigenvalue weighted by molar-refractivity contribution is 7.15. The molecule has 3 nitrogen and oxygen atoms in total. The van der Waals surface area contributed by atoms with E-state index in [1.165, 1.54) is 17.4 Å². The van der Waals surface area contributed by atoms with E-state index in [9.17, 15) is 4.39 Å². The van der Waals surface area contributed by atoms with E-state index in [4.69, 9.17) is 5.73 Å². The van der Waals surface area contributed by atoms with Crippen LogP contribution in [-0.4, -0.2) is 11.5 Å². The molecular weight excluding hydrogens is 237 g/mol. The molecule has 1 aromatic heterocycles. The van der Waals surface area contributed by atoms with Gasteiger partial charge >= 0.3 is 0 Å². The van der Waals surface area contributed by atoms with Crippen LogP contribution >= 0.6 is 11.3 Å². The van der Waals surface area contributed by atoms with Gasteiger partial charge in [0.2, 0.25) is 0 Å². The number of halogens is 1. The molecular formula is C12H14FN3S. The number of rotatable bonds is 4. The van der Waals surface area contributed by atoms with Gasteiger partial charge < -0.3 is 10.6 Å². The predicted octanol–water partition coefficient (Wildman–Crippen LogP) is 2.89. The molecule has 0 amide bonds. The van der Waals surface area contributed by atoms with Crippen LogP contribution in [0.5, 0.6) is 0 Å². The Morgan fingerprint density at radius 1 is 1.41 bits per heavy atom. The van der Waals surface area contributed by atoms with Crippen molar-refractivity contribution in [1.29, 1.82) is 0 Å². The van der Waals surface area contributed by atoms with E-state index >= 15 is 0 Å². The first-order valence-electron chi connectivity index (χ1n) is 5.40. The number of thiazole rings is 1. The number of anilines is 2. The summed E-state index contributed by atoms with van der Waals surface area (Å²) in [6.45, 7) is 3.36. The molecule has 1 aromatic carbocycles. The number of hydrogen-bond acceptors (Lipinski definition) is 4. The summed E-state index contributed by atoms with van der Waals surface area (Å²) in [5.74, 6) is -0.202. The second kappa shape index (κ2) is 5.14. The van der Waals surface area contributed by atoms with Crippen molar-refractivity contribution in [1.82, 2.24) is 4.98 Å². The first kappa shape index (κ1) is 11.9. The van der Waals surface area contributed by atoms with Gasteiger partial charge in [-0.05, 0) is 19.1 Å². The molecule has 90 valence electrons. The molecule has 2 aromatic rings. The molecule has 1 heterocycles. The Balaban J connectivity index is 2.20. The normalized spacial score (nSPS) is 10.5. The molecule has 17 heavy (non-hydrogen) atoms. The molecule has 0 fully saturated rings. The van der Waals surface area contributed by atoms with Crippen LogP contribution in [0.15, 0.2) is 30.5 Å². The monoisotopic (exact) mass is 251 g/mol.